The molecular formula is C33H42O8. The number of esters is 3. The van der Waals surface area contributed by atoms with Gasteiger partial charge in [-0.1, -0.05) is 48.5 Å². The Labute approximate surface area is 242 Å². The van der Waals surface area contributed by atoms with Crippen molar-refractivity contribution in [3.05, 3.63) is 70.8 Å². The molecule has 41 heavy (non-hydrogen) atoms. The molecule has 0 heterocycles. The van der Waals surface area contributed by atoms with Crippen LogP contribution in [0.1, 0.15) is 76.6 Å². The number of carboxylic acids is 1. The molecule has 0 radical (unpaired) electrons. The second kappa shape index (κ2) is 12.0. The van der Waals surface area contributed by atoms with Gasteiger partial charge in [-0.3, -0.25) is 19.2 Å². The van der Waals surface area contributed by atoms with Gasteiger partial charge in [0.1, 0.15) is 11.2 Å². The molecular weight excluding hydrogens is 524 g/mol. The summed E-state index contributed by atoms with van der Waals surface area (Å²) in [4.78, 5) is 48.1. The molecule has 0 spiro atoms. The van der Waals surface area contributed by atoms with Crippen molar-refractivity contribution >= 4 is 23.9 Å². The van der Waals surface area contributed by atoms with Crippen LogP contribution in [-0.4, -0.2) is 47.3 Å². The van der Waals surface area contributed by atoms with E-state index < -0.39 is 34.0 Å². The van der Waals surface area contributed by atoms with Crippen molar-refractivity contribution in [2.24, 2.45) is 10.8 Å². The van der Waals surface area contributed by atoms with Crippen molar-refractivity contribution in [3.8, 4) is 0 Å². The molecule has 0 saturated carbocycles. The van der Waals surface area contributed by atoms with Gasteiger partial charge in [-0.05, 0) is 89.5 Å². The topological polar surface area (TPSA) is 116 Å². The maximum atomic E-state index is 12.3. The predicted molar refractivity (Wildman–Crippen MR) is 153 cm³/mol. The molecule has 2 aliphatic carbocycles. The van der Waals surface area contributed by atoms with Gasteiger partial charge in [0.2, 0.25) is 0 Å². The summed E-state index contributed by atoms with van der Waals surface area (Å²) in [6, 6.07) is 15.5. The second-order valence-electron chi connectivity index (χ2n) is 13.1. The highest BCUT2D eigenvalue weighted by Gasteiger charge is 2.48. The molecule has 0 unspecified atom stereocenters. The third-order valence-electron chi connectivity index (χ3n) is 7.23. The number of rotatable bonds is 6. The molecule has 0 aromatic heterocycles. The number of carboxylic acid groups (broad SMARTS) is 1. The number of hydrogen-bond acceptors (Lipinski definition) is 7. The number of aliphatic carboxylic acids is 1. The fraction of sp³-hybridized carbons (Fsp3) is 0.515. The lowest BCUT2D eigenvalue weighted by Crippen LogP contribution is -2.37. The van der Waals surface area contributed by atoms with Crippen LogP contribution in [0, 0.1) is 10.8 Å². The van der Waals surface area contributed by atoms with E-state index in [0.717, 1.165) is 22.3 Å². The standard InChI is InChI=1S/C17H22O4.C16H20O4/c1-16(2,3)21-14(18)11-17(15(19)20-4)9-12-7-5-6-8-13(12)10-17;1-15(2,3)20-13(17)10-16(14(18)19)8-11-6-4-5-7-12(11)9-16/h5-8H,9-11H2,1-4H3;4-7H,8-10H2,1-3H3,(H,18,19). The maximum absolute atomic E-state index is 12.3. The zero-order chi connectivity index (χ0) is 30.6. The van der Waals surface area contributed by atoms with Crippen molar-refractivity contribution in [3.63, 3.8) is 0 Å². The van der Waals surface area contributed by atoms with Gasteiger partial charge in [0.15, 0.2) is 0 Å². The van der Waals surface area contributed by atoms with Crippen molar-refractivity contribution in [2.75, 3.05) is 7.11 Å². The highest BCUT2D eigenvalue weighted by molar-refractivity contribution is 5.85. The summed E-state index contributed by atoms with van der Waals surface area (Å²) < 4.78 is 15.6. The first-order chi connectivity index (χ1) is 19.0. The van der Waals surface area contributed by atoms with Gasteiger partial charge in [0, 0.05) is 0 Å². The maximum Gasteiger partial charge on any atom is 0.313 e. The van der Waals surface area contributed by atoms with Crippen LogP contribution in [0.3, 0.4) is 0 Å². The number of benzene rings is 2. The van der Waals surface area contributed by atoms with Crippen LogP contribution in [0.4, 0.5) is 0 Å². The Kier molecular flexibility index (Phi) is 9.36. The molecule has 0 bridgehead atoms. The van der Waals surface area contributed by atoms with E-state index in [1.54, 1.807) is 20.8 Å². The lowest BCUT2D eigenvalue weighted by atomic mass is 9.81. The Bertz CT molecular complexity index is 1240. The Hall–Kier alpha value is -3.68. The van der Waals surface area contributed by atoms with E-state index in [1.807, 2.05) is 69.3 Å². The lowest BCUT2D eigenvalue weighted by molar-refractivity contribution is -0.166. The van der Waals surface area contributed by atoms with E-state index in [0.29, 0.717) is 25.7 Å². The van der Waals surface area contributed by atoms with Crippen LogP contribution in [0.15, 0.2) is 48.5 Å². The Morgan fingerprint density at radius 2 is 0.976 bits per heavy atom. The fourth-order valence-corrected chi connectivity index (χ4v) is 5.61. The smallest absolute Gasteiger partial charge is 0.313 e. The normalized spacial score (nSPS) is 16.4. The molecule has 0 amide bonds. The first kappa shape index (κ1) is 31.8. The average molecular weight is 567 g/mol. The molecule has 2 aromatic rings. The third-order valence-corrected chi connectivity index (χ3v) is 7.23. The van der Waals surface area contributed by atoms with Gasteiger partial charge in [0.05, 0.1) is 30.8 Å². The fourth-order valence-electron chi connectivity index (χ4n) is 5.61. The minimum Gasteiger partial charge on any atom is -0.481 e. The molecule has 2 aliphatic rings. The van der Waals surface area contributed by atoms with Gasteiger partial charge in [-0.15, -0.1) is 0 Å². The lowest BCUT2D eigenvalue weighted by Gasteiger charge is -2.27. The van der Waals surface area contributed by atoms with Gasteiger partial charge < -0.3 is 19.3 Å². The van der Waals surface area contributed by atoms with Gasteiger partial charge in [-0.25, -0.2) is 0 Å². The highest BCUT2D eigenvalue weighted by atomic mass is 16.6. The molecule has 0 fully saturated rings. The summed E-state index contributed by atoms with van der Waals surface area (Å²) in [6.07, 6.45) is 1.78. The number of ether oxygens (including phenoxy) is 3. The van der Waals surface area contributed by atoms with Crippen LogP contribution < -0.4 is 0 Å². The van der Waals surface area contributed by atoms with Gasteiger partial charge in [-0.2, -0.15) is 0 Å². The monoisotopic (exact) mass is 566 g/mol. The minimum atomic E-state index is -1.06. The van der Waals surface area contributed by atoms with E-state index in [9.17, 15) is 24.3 Å². The molecule has 0 aliphatic heterocycles. The number of carbonyl (C=O) groups is 4. The van der Waals surface area contributed by atoms with Crippen molar-refractivity contribution < 1.29 is 38.5 Å². The second-order valence-corrected chi connectivity index (χ2v) is 13.1. The number of methoxy groups -OCH3 is 1. The van der Waals surface area contributed by atoms with Crippen LogP contribution >= 0.6 is 0 Å². The number of carbonyl (C=O) groups excluding carboxylic acids is 3. The third kappa shape index (κ3) is 8.18. The summed E-state index contributed by atoms with van der Waals surface area (Å²) in [6.45, 7) is 10.8. The highest BCUT2D eigenvalue weighted by Crippen LogP contribution is 2.42. The summed E-state index contributed by atoms with van der Waals surface area (Å²) >= 11 is 0. The van der Waals surface area contributed by atoms with Crippen molar-refractivity contribution in [1.29, 1.82) is 0 Å². The molecule has 8 heteroatoms. The molecule has 0 atom stereocenters. The van der Waals surface area contributed by atoms with E-state index in [4.69, 9.17) is 14.2 Å². The predicted octanol–water partition coefficient (Wildman–Crippen LogP) is 5.26. The zero-order valence-corrected chi connectivity index (χ0v) is 25.2. The van der Waals surface area contributed by atoms with E-state index in [1.165, 1.54) is 7.11 Å². The van der Waals surface area contributed by atoms with Crippen LogP contribution in [0.25, 0.3) is 0 Å². The van der Waals surface area contributed by atoms with E-state index in [-0.39, 0.29) is 24.8 Å². The van der Waals surface area contributed by atoms with Crippen molar-refractivity contribution in [2.45, 2.75) is 91.3 Å². The first-order valence-corrected chi connectivity index (χ1v) is 13.9. The van der Waals surface area contributed by atoms with Crippen LogP contribution in [0.5, 0.6) is 0 Å². The van der Waals surface area contributed by atoms with Gasteiger partial charge >= 0.3 is 23.9 Å². The first-order valence-electron chi connectivity index (χ1n) is 13.9. The molecule has 222 valence electrons. The quantitative estimate of drug-likeness (QED) is 0.372. The minimum absolute atomic E-state index is 0.0472. The summed E-state index contributed by atoms with van der Waals surface area (Å²) in [5.41, 5.74) is 1.18. The van der Waals surface area contributed by atoms with Crippen LogP contribution in [-0.2, 0) is 59.1 Å². The van der Waals surface area contributed by atoms with Crippen molar-refractivity contribution in [1.82, 2.24) is 0 Å². The Morgan fingerprint density at radius 3 is 1.27 bits per heavy atom. The largest absolute Gasteiger partial charge is 0.481 e. The molecule has 0 saturated heterocycles. The Morgan fingerprint density at radius 1 is 0.659 bits per heavy atom. The van der Waals surface area contributed by atoms with E-state index >= 15 is 0 Å². The summed E-state index contributed by atoms with van der Waals surface area (Å²) in [5.74, 6) is -2.09. The average Bonchev–Trinajstić information content (AvgIpc) is 3.40. The van der Waals surface area contributed by atoms with Crippen LogP contribution in [0.2, 0.25) is 0 Å². The van der Waals surface area contributed by atoms with E-state index in [2.05, 4.69) is 0 Å². The molecule has 4 rings (SSSR count). The molecule has 2 aromatic carbocycles. The number of fused-ring (bicyclic) bond motifs is 2. The molecule has 1 N–H and O–H groups in total. The molecule has 8 nitrogen and oxygen atoms in total. The summed E-state index contributed by atoms with van der Waals surface area (Å²) in [5, 5.41) is 9.58. The number of hydrogen-bond donors (Lipinski definition) is 1. The SMILES string of the molecule is CC(C)(C)OC(=O)CC1(C(=O)O)Cc2ccccc2C1.COC(=O)C1(CC(=O)OC(C)(C)C)Cc2ccccc2C1. The summed E-state index contributed by atoms with van der Waals surface area (Å²) in [7, 11) is 1.36. The zero-order valence-electron chi connectivity index (χ0n) is 25.2. The Balaban J connectivity index is 0.000000226. The van der Waals surface area contributed by atoms with Gasteiger partial charge in [0.25, 0.3) is 0 Å².